The molecule has 7 heteroatoms. The number of hydrogen-bond donors (Lipinski definition) is 4. The Morgan fingerprint density at radius 1 is 0.650 bits per heavy atom. The fourth-order valence-corrected chi connectivity index (χ4v) is 8.71. The Hall–Kier alpha value is -4.01. The Morgan fingerprint density at radius 2 is 1.03 bits per heavy atom. The van der Waals surface area contributed by atoms with Gasteiger partial charge in [-0.25, -0.2) is 4.79 Å². The molecule has 3 aromatic rings. The molecular weight excluding hydrogens is 739 g/mol. The van der Waals surface area contributed by atoms with E-state index in [0.717, 1.165) is 56.8 Å². The Labute approximate surface area is 362 Å². The van der Waals surface area contributed by atoms with E-state index in [1.54, 1.807) is 0 Å². The lowest BCUT2D eigenvalue weighted by Crippen LogP contribution is -2.43. The molecule has 5 fully saturated rings. The number of hydrogen-bond acceptors (Lipinski definition) is 6. The molecule has 324 valence electrons. The van der Waals surface area contributed by atoms with Crippen LogP contribution in [0.3, 0.4) is 0 Å². The number of nitrogens with two attached hydrogens (primary N) is 1. The molecule has 0 radical (unpaired) electrons. The number of carbonyl (C=O) groups excluding carboxylic acids is 1. The van der Waals surface area contributed by atoms with Crippen molar-refractivity contribution in [2.75, 3.05) is 39.3 Å². The normalized spacial score (nSPS) is 25.9. The Bertz CT molecular complexity index is 1840. The van der Waals surface area contributed by atoms with Crippen LogP contribution >= 0.6 is 0 Å². The largest absolute Gasteiger partial charge is 0.444 e. The lowest BCUT2D eigenvalue weighted by molar-refractivity contribution is 0.0184. The Kier molecular flexibility index (Phi) is 16.8. The molecule has 60 heavy (non-hydrogen) atoms. The maximum atomic E-state index is 12.1. The third-order valence-corrected chi connectivity index (χ3v) is 12.8. The summed E-state index contributed by atoms with van der Waals surface area (Å²) in [4.78, 5) is 14.0. The zero-order valence-corrected chi connectivity index (χ0v) is 37.5. The first-order valence-corrected chi connectivity index (χ1v) is 23.0. The summed E-state index contributed by atoms with van der Waals surface area (Å²) in [6.45, 7) is 18.7. The van der Waals surface area contributed by atoms with E-state index in [1.165, 1.54) is 78.7 Å². The van der Waals surface area contributed by atoms with E-state index < -0.39 is 5.60 Å². The highest BCUT2D eigenvalue weighted by Crippen LogP contribution is 2.39. The summed E-state index contributed by atoms with van der Waals surface area (Å²) in [7, 11) is 0. The van der Waals surface area contributed by atoms with E-state index in [0.29, 0.717) is 29.8 Å². The summed E-state index contributed by atoms with van der Waals surface area (Å²) in [5.74, 6) is 3.61. The Balaban J connectivity index is 0.000000160. The van der Waals surface area contributed by atoms with Gasteiger partial charge >= 0.3 is 6.09 Å². The summed E-state index contributed by atoms with van der Waals surface area (Å²) in [5.41, 5.74) is 13.7. The van der Waals surface area contributed by atoms with Gasteiger partial charge in [0.25, 0.3) is 0 Å². The first-order chi connectivity index (χ1) is 28.9. The van der Waals surface area contributed by atoms with Gasteiger partial charge in [-0.1, -0.05) is 126 Å². The minimum absolute atomic E-state index is 0.169. The van der Waals surface area contributed by atoms with Crippen molar-refractivity contribution in [3.8, 4) is 0 Å². The van der Waals surface area contributed by atoms with Gasteiger partial charge in [0.1, 0.15) is 5.60 Å². The lowest BCUT2D eigenvalue weighted by atomic mass is 9.97. The topological polar surface area (TPSA) is 91.7 Å². The summed E-state index contributed by atoms with van der Waals surface area (Å²) in [5, 5.41) is 11.0. The SMILES string of the molecule is C/C(=C\c1ccccc1)C1CC1N.C/C(=C\c1ccccc1)C1CC1NCC1CCN(C(=O)OC(C)(C)C)CC1.C/C(=C\c1ccccc1)C1CC1NCC1CCNCC1. The van der Waals surface area contributed by atoms with E-state index in [2.05, 4.69) is 140 Å². The molecule has 1 amide bonds. The van der Waals surface area contributed by atoms with Crippen molar-refractivity contribution >= 4 is 24.3 Å². The number of carbonyl (C=O) groups is 1. The monoisotopic (exact) mass is 814 g/mol. The second kappa shape index (κ2) is 22.2. The van der Waals surface area contributed by atoms with Crippen molar-refractivity contribution in [3.05, 3.63) is 124 Å². The summed E-state index contributed by atoms with van der Waals surface area (Å²) < 4.78 is 5.47. The van der Waals surface area contributed by atoms with Gasteiger partial charge in [-0.15, -0.1) is 0 Å². The molecule has 8 rings (SSSR count). The maximum absolute atomic E-state index is 12.1. The van der Waals surface area contributed by atoms with Gasteiger partial charge < -0.3 is 31.3 Å². The van der Waals surface area contributed by atoms with Crippen molar-refractivity contribution in [2.24, 2.45) is 35.3 Å². The lowest BCUT2D eigenvalue weighted by Gasteiger charge is -2.33. The first kappa shape index (κ1) is 45.5. The number of piperidine rings is 2. The molecule has 6 unspecified atom stereocenters. The van der Waals surface area contributed by atoms with E-state index in [1.807, 2.05) is 31.7 Å². The van der Waals surface area contributed by atoms with Crippen molar-refractivity contribution < 1.29 is 9.53 Å². The van der Waals surface area contributed by atoms with Crippen molar-refractivity contribution in [3.63, 3.8) is 0 Å². The van der Waals surface area contributed by atoms with Crippen LogP contribution in [-0.2, 0) is 4.74 Å². The second-order valence-corrected chi connectivity index (χ2v) is 19.2. The van der Waals surface area contributed by atoms with Gasteiger partial charge in [0.15, 0.2) is 0 Å². The van der Waals surface area contributed by atoms with E-state index in [4.69, 9.17) is 10.5 Å². The van der Waals surface area contributed by atoms with Crippen LogP contribution < -0.4 is 21.7 Å². The van der Waals surface area contributed by atoms with Crippen LogP contribution in [0, 0.1) is 29.6 Å². The van der Waals surface area contributed by atoms with E-state index in [9.17, 15) is 4.79 Å². The fourth-order valence-electron chi connectivity index (χ4n) is 8.71. The number of amides is 1. The van der Waals surface area contributed by atoms with Crippen LogP contribution in [0.4, 0.5) is 4.79 Å². The zero-order valence-electron chi connectivity index (χ0n) is 37.5. The number of rotatable bonds is 12. The average Bonchev–Trinajstić information content (AvgIpc) is 4.16. The maximum Gasteiger partial charge on any atom is 0.410 e. The third-order valence-electron chi connectivity index (χ3n) is 12.8. The Morgan fingerprint density at radius 3 is 1.42 bits per heavy atom. The number of ether oxygens (including phenoxy) is 1. The highest BCUT2D eigenvalue weighted by Gasteiger charge is 2.39. The molecule has 2 aliphatic heterocycles. The molecule has 3 aromatic carbocycles. The molecule has 5 aliphatic rings. The van der Waals surface area contributed by atoms with Gasteiger partial charge in [-0.3, -0.25) is 0 Å². The van der Waals surface area contributed by atoms with Crippen LogP contribution in [0.2, 0.25) is 0 Å². The third kappa shape index (κ3) is 15.5. The molecule has 0 bridgehead atoms. The van der Waals surface area contributed by atoms with Gasteiger partial charge in [0.05, 0.1) is 0 Å². The second-order valence-electron chi connectivity index (χ2n) is 19.2. The van der Waals surface area contributed by atoms with Crippen molar-refractivity contribution in [2.45, 2.75) is 110 Å². The molecule has 6 atom stereocenters. The molecule has 0 spiro atoms. The summed E-state index contributed by atoms with van der Waals surface area (Å²) in [6.07, 6.45) is 15.2. The molecule has 2 saturated heterocycles. The number of nitrogens with zero attached hydrogens (tertiary/aromatic N) is 1. The van der Waals surface area contributed by atoms with Crippen LogP contribution in [0.25, 0.3) is 18.2 Å². The van der Waals surface area contributed by atoms with Gasteiger partial charge in [0.2, 0.25) is 0 Å². The zero-order chi connectivity index (χ0) is 42.5. The van der Waals surface area contributed by atoms with E-state index >= 15 is 0 Å². The average molecular weight is 814 g/mol. The minimum atomic E-state index is -0.415. The standard InChI is InChI=1S/C23H34N2O2.C18H26N2.C12H15N/c1-17(14-18-8-6-5-7-9-18)20-15-21(20)24-16-19-10-12-25(13-11-19)22(26)27-23(2,3)4;1-14(11-15-5-3-2-4-6-15)17-12-18(17)20-13-16-7-9-19-10-8-16;1-9(11-8-12(11)13)7-10-5-3-2-4-6-10/h5-9,14,19-21,24H,10-13,15-16H2,1-4H3;2-6,11,16-20H,7-10,12-13H2,1H3;2-7,11-12H,8,13H2,1H3/b17-14+;14-11+;9-7+. The van der Waals surface area contributed by atoms with E-state index in [-0.39, 0.29) is 6.09 Å². The minimum Gasteiger partial charge on any atom is -0.444 e. The van der Waals surface area contributed by atoms with Crippen LogP contribution in [0.1, 0.15) is 103 Å². The summed E-state index contributed by atoms with van der Waals surface area (Å²) in [6, 6.07) is 33.4. The smallest absolute Gasteiger partial charge is 0.410 e. The molecule has 7 nitrogen and oxygen atoms in total. The molecular formula is C53H75N5O2. The number of likely N-dealkylation sites (tertiary alicyclic amines) is 1. The van der Waals surface area contributed by atoms with Gasteiger partial charge in [0, 0.05) is 31.2 Å². The number of benzene rings is 3. The molecule has 3 saturated carbocycles. The van der Waals surface area contributed by atoms with Crippen LogP contribution in [0.5, 0.6) is 0 Å². The van der Waals surface area contributed by atoms with Crippen molar-refractivity contribution in [1.82, 2.24) is 20.9 Å². The highest BCUT2D eigenvalue weighted by atomic mass is 16.6. The van der Waals surface area contributed by atoms with Crippen LogP contribution in [-0.4, -0.2) is 74.0 Å². The molecule has 0 aromatic heterocycles. The van der Waals surface area contributed by atoms with Gasteiger partial charge in [-0.05, 0) is 159 Å². The molecule has 3 aliphatic carbocycles. The first-order valence-electron chi connectivity index (χ1n) is 23.0. The number of nitrogens with one attached hydrogen (secondary N) is 3. The van der Waals surface area contributed by atoms with Crippen LogP contribution in [0.15, 0.2) is 108 Å². The molecule has 2 heterocycles. The predicted octanol–water partition coefficient (Wildman–Crippen LogP) is 10.2. The van der Waals surface area contributed by atoms with Gasteiger partial charge in [-0.2, -0.15) is 0 Å². The highest BCUT2D eigenvalue weighted by molar-refractivity contribution is 5.68. The fraction of sp³-hybridized carbons (Fsp3) is 0.528. The van der Waals surface area contributed by atoms with Crippen molar-refractivity contribution in [1.29, 1.82) is 0 Å². The molecule has 5 N–H and O–H groups in total. The summed E-state index contributed by atoms with van der Waals surface area (Å²) >= 11 is 0. The quantitative estimate of drug-likeness (QED) is 0.146. The predicted molar refractivity (Wildman–Crippen MR) is 252 cm³/mol.